The van der Waals surface area contributed by atoms with Crippen LogP contribution in [0.3, 0.4) is 0 Å². The summed E-state index contributed by atoms with van der Waals surface area (Å²) in [5.41, 5.74) is 0.947. The van der Waals surface area contributed by atoms with Gasteiger partial charge in [0.05, 0.1) is 0 Å². The van der Waals surface area contributed by atoms with Gasteiger partial charge < -0.3 is 5.32 Å². The Labute approximate surface area is 147 Å². The van der Waals surface area contributed by atoms with E-state index < -0.39 is 0 Å². The molecule has 3 rings (SSSR count). The van der Waals surface area contributed by atoms with Gasteiger partial charge in [-0.05, 0) is 63.5 Å². The highest BCUT2D eigenvalue weighted by atomic mass is 79.9. The molecule has 2 atom stereocenters. The highest BCUT2D eigenvalue weighted by molar-refractivity contribution is 9.10. The van der Waals surface area contributed by atoms with Gasteiger partial charge >= 0.3 is 0 Å². The second-order valence-corrected chi connectivity index (χ2v) is 7.32. The van der Waals surface area contributed by atoms with Gasteiger partial charge in [0.1, 0.15) is 0 Å². The lowest BCUT2D eigenvalue weighted by atomic mass is 9.75. The van der Waals surface area contributed by atoms with Crippen molar-refractivity contribution in [2.75, 3.05) is 13.6 Å². The minimum atomic E-state index is 0. The van der Waals surface area contributed by atoms with Crippen molar-refractivity contribution in [3.63, 3.8) is 0 Å². The Morgan fingerprint density at radius 3 is 2.55 bits per heavy atom. The van der Waals surface area contributed by atoms with E-state index >= 15 is 0 Å². The average Bonchev–Trinajstić information content (AvgIpc) is 2.84. The molecule has 0 aromatic heterocycles. The van der Waals surface area contributed by atoms with Crippen LogP contribution < -0.4 is 5.32 Å². The lowest BCUT2D eigenvalue weighted by molar-refractivity contribution is 0.0641. The minimum absolute atomic E-state index is 0. The van der Waals surface area contributed by atoms with Crippen LogP contribution >= 0.6 is 28.3 Å². The molecule has 1 aliphatic carbocycles. The van der Waals surface area contributed by atoms with Crippen molar-refractivity contribution in [1.29, 1.82) is 0 Å². The monoisotopic (exact) mass is 386 g/mol. The zero-order chi connectivity index (χ0) is 14.9. The molecule has 2 fully saturated rings. The molecule has 1 amide bonds. The Morgan fingerprint density at radius 2 is 1.91 bits per heavy atom. The van der Waals surface area contributed by atoms with E-state index in [0.717, 1.165) is 23.0 Å². The van der Waals surface area contributed by atoms with E-state index in [0.29, 0.717) is 0 Å². The van der Waals surface area contributed by atoms with Crippen LogP contribution in [0.25, 0.3) is 0 Å². The molecule has 1 saturated carbocycles. The summed E-state index contributed by atoms with van der Waals surface area (Å²) in [6.45, 7) is 1.16. The minimum Gasteiger partial charge on any atom is -0.347 e. The fourth-order valence-corrected chi connectivity index (χ4v) is 4.33. The molecule has 0 radical (unpaired) electrons. The third-order valence-electron chi connectivity index (χ3n) is 5.28. The first-order valence-corrected chi connectivity index (χ1v) is 8.69. The van der Waals surface area contributed by atoms with E-state index in [9.17, 15) is 4.79 Å². The normalized spacial score (nSPS) is 28.4. The van der Waals surface area contributed by atoms with E-state index in [1.807, 2.05) is 24.3 Å². The standard InChI is InChI=1S/C17H23BrN2O.ClH/c1-20-12-4-11-17(20)10-3-2-5-15(17)19-16(21)13-6-8-14(18)9-7-13;/h6-9,15H,2-5,10-12H2,1H3,(H,19,21);1H/t15-,17+;/m0./s1. The molecule has 2 aliphatic rings. The van der Waals surface area contributed by atoms with Crippen LogP contribution in [0.5, 0.6) is 0 Å². The second kappa shape index (κ2) is 7.33. The van der Waals surface area contributed by atoms with Crippen LogP contribution in [0.1, 0.15) is 48.9 Å². The third kappa shape index (κ3) is 3.34. The van der Waals surface area contributed by atoms with Crippen LogP contribution in [-0.2, 0) is 0 Å². The molecule has 1 N–H and O–H groups in total. The number of hydrogen-bond acceptors (Lipinski definition) is 2. The molecule has 1 spiro atoms. The molecule has 1 saturated heterocycles. The number of amides is 1. The number of carbonyl (C=O) groups excluding carboxylic acids is 1. The summed E-state index contributed by atoms with van der Waals surface area (Å²) in [6.07, 6.45) is 7.30. The summed E-state index contributed by atoms with van der Waals surface area (Å²) in [5, 5.41) is 3.32. The topological polar surface area (TPSA) is 32.3 Å². The number of halogens is 2. The molecule has 22 heavy (non-hydrogen) atoms. The number of carbonyl (C=O) groups is 1. The van der Waals surface area contributed by atoms with Crippen molar-refractivity contribution < 1.29 is 4.79 Å². The number of nitrogens with one attached hydrogen (secondary N) is 1. The number of nitrogens with zero attached hydrogens (tertiary/aromatic N) is 1. The first kappa shape index (κ1) is 17.8. The molecule has 1 heterocycles. The van der Waals surface area contributed by atoms with E-state index in [2.05, 4.69) is 33.2 Å². The molecular weight excluding hydrogens is 364 g/mol. The number of rotatable bonds is 2. The van der Waals surface area contributed by atoms with Crippen molar-refractivity contribution in [2.24, 2.45) is 0 Å². The Hall–Kier alpha value is -0.580. The SMILES string of the molecule is CN1CCC[C@@]12CCCC[C@@H]2NC(=O)c1ccc(Br)cc1.Cl. The van der Waals surface area contributed by atoms with Gasteiger partial charge in [0.25, 0.3) is 5.91 Å². The summed E-state index contributed by atoms with van der Waals surface area (Å²) in [4.78, 5) is 15.0. The first-order chi connectivity index (χ1) is 10.1. The summed E-state index contributed by atoms with van der Waals surface area (Å²) >= 11 is 3.41. The molecule has 3 nitrogen and oxygen atoms in total. The highest BCUT2D eigenvalue weighted by Crippen LogP contribution is 2.40. The molecule has 1 aromatic carbocycles. The van der Waals surface area contributed by atoms with Gasteiger partial charge in [-0.1, -0.05) is 28.8 Å². The summed E-state index contributed by atoms with van der Waals surface area (Å²) < 4.78 is 1.00. The highest BCUT2D eigenvalue weighted by Gasteiger charge is 2.46. The van der Waals surface area contributed by atoms with Gasteiger partial charge in [-0.3, -0.25) is 9.69 Å². The van der Waals surface area contributed by atoms with E-state index in [4.69, 9.17) is 0 Å². The van der Waals surface area contributed by atoms with Crippen molar-refractivity contribution in [3.05, 3.63) is 34.3 Å². The molecule has 0 unspecified atom stereocenters. The van der Waals surface area contributed by atoms with E-state index in [1.54, 1.807) is 0 Å². The maximum absolute atomic E-state index is 12.5. The van der Waals surface area contributed by atoms with E-state index in [-0.39, 0.29) is 29.9 Å². The molecule has 5 heteroatoms. The van der Waals surface area contributed by atoms with Crippen LogP contribution in [-0.4, -0.2) is 36.0 Å². The molecule has 1 aromatic rings. The smallest absolute Gasteiger partial charge is 0.251 e. The van der Waals surface area contributed by atoms with Crippen LogP contribution in [0.4, 0.5) is 0 Å². The summed E-state index contributed by atoms with van der Waals surface area (Å²) in [6, 6.07) is 7.90. The molecule has 1 aliphatic heterocycles. The lowest BCUT2D eigenvalue weighted by Crippen LogP contribution is -2.59. The van der Waals surface area contributed by atoms with Crippen LogP contribution in [0.15, 0.2) is 28.7 Å². The molecule has 122 valence electrons. The van der Waals surface area contributed by atoms with Crippen LogP contribution in [0.2, 0.25) is 0 Å². The number of likely N-dealkylation sites (N-methyl/N-ethyl adjacent to an activating group) is 1. The second-order valence-electron chi connectivity index (χ2n) is 6.41. The predicted molar refractivity (Wildman–Crippen MR) is 95.7 cm³/mol. The molecule has 0 bridgehead atoms. The third-order valence-corrected chi connectivity index (χ3v) is 5.80. The number of benzene rings is 1. The van der Waals surface area contributed by atoms with E-state index in [1.165, 1.54) is 32.1 Å². The Kier molecular flexibility index (Phi) is 5.92. The molecular formula is C17H24BrClN2O. The Balaban J connectivity index is 0.00000176. The van der Waals surface area contributed by atoms with Crippen molar-refractivity contribution in [3.8, 4) is 0 Å². The Bertz CT molecular complexity index is 522. The lowest BCUT2D eigenvalue weighted by Gasteiger charge is -2.46. The summed E-state index contributed by atoms with van der Waals surface area (Å²) in [7, 11) is 2.22. The van der Waals surface area contributed by atoms with Gasteiger partial charge in [0, 0.05) is 21.6 Å². The quantitative estimate of drug-likeness (QED) is 0.831. The van der Waals surface area contributed by atoms with Gasteiger partial charge in [-0.2, -0.15) is 0 Å². The van der Waals surface area contributed by atoms with Gasteiger partial charge in [0.2, 0.25) is 0 Å². The zero-order valence-corrected chi connectivity index (χ0v) is 15.4. The average molecular weight is 388 g/mol. The largest absolute Gasteiger partial charge is 0.347 e. The van der Waals surface area contributed by atoms with Gasteiger partial charge in [-0.15, -0.1) is 12.4 Å². The first-order valence-electron chi connectivity index (χ1n) is 7.89. The fourth-order valence-electron chi connectivity index (χ4n) is 4.06. The fraction of sp³-hybridized carbons (Fsp3) is 0.588. The summed E-state index contributed by atoms with van der Waals surface area (Å²) in [5.74, 6) is 0.0640. The maximum Gasteiger partial charge on any atom is 0.251 e. The predicted octanol–water partition coefficient (Wildman–Crippen LogP) is 4.01. The Morgan fingerprint density at radius 1 is 1.23 bits per heavy atom. The van der Waals surface area contributed by atoms with Crippen molar-refractivity contribution >= 4 is 34.2 Å². The maximum atomic E-state index is 12.5. The zero-order valence-electron chi connectivity index (χ0n) is 13.0. The van der Waals surface area contributed by atoms with Crippen molar-refractivity contribution in [1.82, 2.24) is 10.2 Å². The van der Waals surface area contributed by atoms with Gasteiger partial charge in [0.15, 0.2) is 0 Å². The number of hydrogen-bond donors (Lipinski definition) is 1. The number of likely N-dealkylation sites (tertiary alicyclic amines) is 1. The van der Waals surface area contributed by atoms with Gasteiger partial charge in [-0.25, -0.2) is 0 Å². The van der Waals surface area contributed by atoms with Crippen molar-refractivity contribution in [2.45, 2.75) is 50.1 Å². The van der Waals surface area contributed by atoms with Crippen LogP contribution in [0, 0.1) is 0 Å².